The van der Waals surface area contributed by atoms with Crippen LogP contribution in [0.4, 0.5) is 0 Å². The molecule has 0 amide bonds. The van der Waals surface area contributed by atoms with Crippen molar-refractivity contribution >= 4 is 15.5 Å². The summed E-state index contributed by atoms with van der Waals surface area (Å²) >= 11 is 0. The van der Waals surface area contributed by atoms with Crippen molar-refractivity contribution in [1.82, 2.24) is 0 Å². The van der Waals surface area contributed by atoms with Gasteiger partial charge in [-0.1, -0.05) is 37.1 Å². The van der Waals surface area contributed by atoms with Gasteiger partial charge in [-0.2, -0.15) is 0 Å². The van der Waals surface area contributed by atoms with Crippen molar-refractivity contribution in [1.29, 1.82) is 0 Å². The largest absolute Gasteiger partial charge is 0.493 e. The first-order valence-corrected chi connectivity index (χ1v) is 12.4. The first kappa shape index (κ1) is 26.0. The van der Waals surface area contributed by atoms with Crippen LogP contribution >= 0.6 is 0 Å². The van der Waals surface area contributed by atoms with Crippen molar-refractivity contribution in [3.05, 3.63) is 35.4 Å². The Hall–Kier alpha value is -2.02. The first-order valence-electron chi connectivity index (χ1n) is 10.6. The standard InChI is InChI=1S/C23H37NO5S/c1-6-8-13-28-22-16-19(3)23(20(4)17-22)29-14-11-9-10-12-15-30(25,26)18-21(7-2)24-27-5/h6,8,16-17H,7,9-15,18H2,1-5H3/b8-6+,24-21+. The third-order valence-electron chi connectivity index (χ3n) is 4.63. The lowest BCUT2D eigenvalue weighted by molar-refractivity contribution is 0.212. The molecule has 0 spiro atoms. The summed E-state index contributed by atoms with van der Waals surface area (Å²) in [6, 6.07) is 3.99. The third-order valence-corrected chi connectivity index (χ3v) is 6.31. The molecular formula is C23H37NO5S. The SMILES string of the molecule is C/C=C/COc1cc(C)c(OCCCCCCS(=O)(=O)C/C(CC)=N/OC)c(C)c1. The number of unbranched alkanes of at least 4 members (excludes halogenated alkanes) is 3. The molecule has 170 valence electrons. The number of ether oxygens (including phenoxy) is 2. The lowest BCUT2D eigenvalue weighted by Crippen LogP contribution is -2.18. The van der Waals surface area contributed by atoms with Gasteiger partial charge >= 0.3 is 0 Å². The third kappa shape index (κ3) is 10.1. The topological polar surface area (TPSA) is 74.2 Å². The van der Waals surface area contributed by atoms with E-state index < -0.39 is 9.84 Å². The van der Waals surface area contributed by atoms with Crippen LogP contribution in [0, 0.1) is 13.8 Å². The van der Waals surface area contributed by atoms with E-state index in [0.717, 1.165) is 41.9 Å². The molecule has 1 aromatic carbocycles. The van der Waals surface area contributed by atoms with Gasteiger partial charge in [-0.15, -0.1) is 0 Å². The van der Waals surface area contributed by atoms with Gasteiger partial charge in [0.15, 0.2) is 9.84 Å². The molecule has 0 N–H and O–H groups in total. The molecule has 0 aliphatic carbocycles. The van der Waals surface area contributed by atoms with Gasteiger partial charge in [0, 0.05) is 0 Å². The zero-order chi connectivity index (χ0) is 22.4. The Morgan fingerprint density at radius 3 is 2.33 bits per heavy atom. The van der Waals surface area contributed by atoms with Gasteiger partial charge in [0.1, 0.15) is 25.2 Å². The number of hydrogen-bond donors (Lipinski definition) is 0. The number of sulfone groups is 1. The highest BCUT2D eigenvalue weighted by atomic mass is 32.2. The van der Waals surface area contributed by atoms with Gasteiger partial charge in [0.2, 0.25) is 0 Å². The van der Waals surface area contributed by atoms with E-state index in [0.29, 0.717) is 31.8 Å². The van der Waals surface area contributed by atoms with Gasteiger partial charge in [-0.3, -0.25) is 0 Å². The molecule has 0 saturated heterocycles. The zero-order valence-corrected chi connectivity index (χ0v) is 19.9. The minimum absolute atomic E-state index is 0.0204. The summed E-state index contributed by atoms with van der Waals surface area (Å²) in [5.41, 5.74) is 2.68. The summed E-state index contributed by atoms with van der Waals surface area (Å²) in [7, 11) is -1.70. The van der Waals surface area contributed by atoms with Crippen LogP contribution in [-0.2, 0) is 14.7 Å². The van der Waals surface area contributed by atoms with Gasteiger partial charge in [0.05, 0.1) is 23.8 Å². The Kier molecular flexibility index (Phi) is 12.2. The monoisotopic (exact) mass is 439 g/mol. The summed E-state index contributed by atoms with van der Waals surface area (Å²) < 4.78 is 36.0. The molecule has 0 aliphatic heterocycles. The van der Waals surface area contributed by atoms with Gasteiger partial charge in [0.25, 0.3) is 0 Å². The Bertz CT molecular complexity index is 777. The Labute approximate surface area is 182 Å². The summed E-state index contributed by atoms with van der Waals surface area (Å²) in [4.78, 5) is 4.69. The number of nitrogens with zero attached hydrogens (tertiary/aromatic N) is 1. The van der Waals surface area contributed by atoms with Gasteiger partial charge < -0.3 is 14.3 Å². The maximum atomic E-state index is 12.2. The molecule has 0 fully saturated rings. The minimum Gasteiger partial charge on any atom is -0.493 e. The summed E-state index contributed by atoms with van der Waals surface area (Å²) in [5, 5.41) is 3.77. The Morgan fingerprint density at radius 1 is 1.07 bits per heavy atom. The van der Waals surface area contributed by atoms with Crippen LogP contribution < -0.4 is 9.47 Å². The van der Waals surface area contributed by atoms with E-state index in [1.165, 1.54) is 7.11 Å². The van der Waals surface area contributed by atoms with Crippen molar-refractivity contribution in [2.24, 2.45) is 5.16 Å². The highest BCUT2D eigenvalue weighted by Gasteiger charge is 2.14. The molecule has 1 aromatic rings. The van der Waals surface area contributed by atoms with Crippen LogP contribution in [0.3, 0.4) is 0 Å². The molecule has 0 atom stereocenters. The Balaban J connectivity index is 2.33. The van der Waals surface area contributed by atoms with Crippen LogP contribution in [0.2, 0.25) is 0 Å². The van der Waals surface area contributed by atoms with Crippen molar-refractivity contribution in [3.8, 4) is 11.5 Å². The van der Waals surface area contributed by atoms with Crippen LogP contribution in [0.25, 0.3) is 0 Å². The predicted molar refractivity (Wildman–Crippen MR) is 124 cm³/mol. The molecule has 0 radical (unpaired) electrons. The van der Waals surface area contributed by atoms with E-state index >= 15 is 0 Å². The average Bonchev–Trinajstić information content (AvgIpc) is 2.68. The quantitative estimate of drug-likeness (QED) is 0.166. The van der Waals surface area contributed by atoms with E-state index in [2.05, 4.69) is 5.16 Å². The molecule has 7 heteroatoms. The lowest BCUT2D eigenvalue weighted by atomic mass is 10.1. The first-order chi connectivity index (χ1) is 14.3. The van der Waals surface area contributed by atoms with E-state index in [9.17, 15) is 8.42 Å². The van der Waals surface area contributed by atoms with Crippen LogP contribution in [-0.4, -0.2) is 46.0 Å². The van der Waals surface area contributed by atoms with Gasteiger partial charge in [-0.05, 0) is 63.3 Å². The highest BCUT2D eigenvalue weighted by Crippen LogP contribution is 2.28. The summed E-state index contributed by atoms with van der Waals surface area (Å²) in [6.45, 7) is 9.06. The number of aryl methyl sites for hydroxylation is 2. The van der Waals surface area contributed by atoms with E-state index in [-0.39, 0.29) is 11.5 Å². The molecule has 6 nitrogen and oxygen atoms in total. The second-order valence-corrected chi connectivity index (χ2v) is 9.50. The molecule has 0 saturated carbocycles. The second-order valence-electron chi connectivity index (χ2n) is 7.31. The highest BCUT2D eigenvalue weighted by molar-refractivity contribution is 7.92. The second kappa shape index (κ2) is 14.1. The number of oxime groups is 1. The molecule has 0 heterocycles. The maximum absolute atomic E-state index is 12.2. The van der Waals surface area contributed by atoms with Crippen molar-refractivity contribution in [3.63, 3.8) is 0 Å². The molecule has 0 bridgehead atoms. The van der Waals surface area contributed by atoms with Crippen LogP contribution in [0.1, 0.15) is 57.1 Å². The fourth-order valence-corrected chi connectivity index (χ4v) is 4.61. The molecular weight excluding hydrogens is 402 g/mol. The normalized spacial score (nSPS) is 12.4. The summed E-state index contributed by atoms with van der Waals surface area (Å²) in [5.74, 6) is 1.91. The molecule has 0 aromatic heterocycles. The van der Waals surface area contributed by atoms with E-state index in [1.54, 1.807) is 0 Å². The minimum atomic E-state index is -3.13. The smallest absolute Gasteiger partial charge is 0.155 e. The van der Waals surface area contributed by atoms with Gasteiger partial charge in [-0.25, -0.2) is 8.42 Å². The Morgan fingerprint density at radius 2 is 1.73 bits per heavy atom. The molecule has 0 unspecified atom stereocenters. The van der Waals surface area contributed by atoms with Crippen molar-refractivity contribution < 1.29 is 22.7 Å². The van der Waals surface area contributed by atoms with Crippen molar-refractivity contribution in [2.45, 2.75) is 59.8 Å². The number of benzene rings is 1. The summed E-state index contributed by atoms with van der Waals surface area (Å²) in [6.07, 6.45) is 7.85. The fourth-order valence-electron chi connectivity index (χ4n) is 3.06. The predicted octanol–water partition coefficient (Wildman–Crippen LogP) is 5.02. The number of hydrogen-bond acceptors (Lipinski definition) is 6. The zero-order valence-electron chi connectivity index (χ0n) is 19.1. The lowest BCUT2D eigenvalue weighted by Gasteiger charge is -2.14. The molecule has 1 rings (SSSR count). The van der Waals surface area contributed by atoms with E-state index in [4.69, 9.17) is 14.3 Å². The number of rotatable bonds is 15. The molecule has 30 heavy (non-hydrogen) atoms. The maximum Gasteiger partial charge on any atom is 0.155 e. The molecule has 0 aliphatic rings. The van der Waals surface area contributed by atoms with E-state index in [1.807, 2.05) is 52.0 Å². The van der Waals surface area contributed by atoms with Crippen LogP contribution in [0.15, 0.2) is 29.4 Å². The fraction of sp³-hybridized carbons (Fsp3) is 0.609. The van der Waals surface area contributed by atoms with Crippen molar-refractivity contribution in [2.75, 3.05) is 31.8 Å². The van der Waals surface area contributed by atoms with Crippen LogP contribution in [0.5, 0.6) is 11.5 Å². The number of allylic oxidation sites excluding steroid dienone is 1. The average molecular weight is 440 g/mol.